The zero-order valence-electron chi connectivity index (χ0n) is 15.2. The smallest absolute Gasteiger partial charge is 0.226 e. The highest BCUT2D eigenvalue weighted by Crippen LogP contribution is 2.35. The van der Waals surface area contributed by atoms with Crippen molar-refractivity contribution in [3.63, 3.8) is 0 Å². The van der Waals surface area contributed by atoms with E-state index >= 15 is 0 Å². The zero-order chi connectivity index (χ0) is 20.1. The van der Waals surface area contributed by atoms with E-state index in [0.29, 0.717) is 31.5 Å². The third kappa shape index (κ3) is 4.89. The molecule has 0 aliphatic carbocycles. The minimum absolute atomic E-state index is 0.0751. The molecule has 0 bridgehead atoms. The molecule has 2 heterocycles. The minimum atomic E-state index is -0.269. The normalized spacial score (nSPS) is 10.5. The topological polar surface area (TPSA) is 77.5 Å². The fourth-order valence-corrected chi connectivity index (χ4v) is 4.20. The molecular weight excluding hydrogens is 420 g/mol. The maximum atomic E-state index is 12.2. The van der Waals surface area contributed by atoms with Crippen molar-refractivity contribution in [3.05, 3.63) is 44.9 Å². The van der Waals surface area contributed by atoms with Crippen molar-refractivity contribution in [3.8, 4) is 22.8 Å². The average Bonchev–Trinajstić information content (AvgIpc) is 3.34. The number of anilines is 1. The number of nitrogens with one attached hydrogen (secondary N) is 1. The van der Waals surface area contributed by atoms with E-state index in [-0.39, 0.29) is 24.5 Å². The maximum absolute atomic E-state index is 12.2. The van der Waals surface area contributed by atoms with Crippen LogP contribution in [0.25, 0.3) is 11.3 Å². The summed E-state index contributed by atoms with van der Waals surface area (Å²) in [6, 6.07) is 8.76. The summed E-state index contributed by atoms with van der Waals surface area (Å²) in [5, 5.41) is 5.01. The number of benzene rings is 1. The van der Waals surface area contributed by atoms with Crippen LogP contribution in [0.5, 0.6) is 11.5 Å². The van der Waals surface area contributed by atoms with Gasteiger partial charge in [0.2, 0.25) is 5.91 Å². The van der Waals surface area contributed by atoms with Gasteiger partial charge in [0.15, 0.2) is 10.9 Å². The zero-order valence-corrected chi connectivity index (χ0v) is 17.5. The molecule has 0 unspecified atom stereocenters. The Labute approximate surface area is 175 Å². The van der Waals surface area contributed by atoms with Gasteiger partial charge in [-0.05, 0) is 30.3 Å². The van der Waals surface area contributed by atoms with E-state index in [1.807, 2.05) is 11.4 Å². The summed E-state index contributed by atoms with van der Waals surface area (Å²) in [5.41, 5.74) is 1.43. The van der Waals surface area contributed by atoms with Crippen molar-refractivity contribution < 1.29 is 19.1 Å². The number of methoxy groups -OCH3 is 2. The summed E-state index contributed by atoms with van der Waals surface area (Å²) in [5.74, 6) is 0.966. The van der Waals surface area contributed by atoms with Crippen LogP contribution in [0.4, 0.5) is 5.13 Å². The molecule has 9 heteroatoms. The van der Waals surface area contributed by atoms with E-state index in [0.717, 1.165) is 5.56 Å². The third-order valence-electron chi connectivity index (χ3n) is 3.86. The van der Waals surface area contributed by atoms with Gasteiger partial charge in [0.1, 0.15) is 11.5 Å². The van der Waals surface area contributed by atoms with E-state index in [9.17, 15) is 9.59 Å². The van der Waals surface area contributed by atoms with Gasteiger partial charge in [0.25, 0.3) is 0 Å². The molecule has 146 valence electrons. The van der Waals surface area contributed by atoms with Crippen LogP contribution in [-0.2, 0) is 4.79 Å². The summed E-state index contributed by atoms with van der Waals surface area (Å²) < 4.78 is 11.2. The predicted octanol–water partition coefficient (Wildman–Crippen LogP) is 5.14. The minimum Gasteiger partial charge on any atom is -0.497 e. The lowest BCUT2D eigenvalue weighted by Gasteiger charge is -2.08. The Hall–Kier alpha value is -2.42. The molecule has 0 aliphatic heterocycles. The highest BCUT2D eigenvalue weighted by atomic mass is 35.5. The highest BCUT2D eigenvalue weighted by molar-refractivity contribution is 7.18. The first-order chi connectivity index (χ1) is 13.5. The SMILES string of the molecule is COc1ccc(OC)c(-c2csc(NC(=O)CCC(=O)c3ccc(Cl)s3)n2)c1. The second-order valence-electron chi connectivity index (χ2n) is 5.68. The standard InChI is InChI=1S/C19H17ClN2O4S2/c1-25-11-3-5-15(26-2)12(9-11)13-10-27-19(21-13)22-18(24)8-4-14(23)16-6-7-17(20)28-16/h3,5-7,9-10H,4,8H2,1-2H3,(H,21,22,24). The number of aromatic nitrogens is 1. The number of carbonyl (C=O) groups excluding carboxylic acids is 2. The van der Waals surface area contributed by atoms with Crippen LogP contribution in [-0.4, -0.2) is 30.9 Å². The molecule has 0 fully saturated rings. The summed E-state index contributed by atoms with van der Waals surface area (Å²) >= 11 is 8.34. The summed E-state index contributed by atoms with van der Waals surface area (Å²) in [4.78, 5) is 29.2. The molecule has 0 radical (unpaired) electrons. The lowest BCUT2D eigenvalue weighted by atomic mass is 10.1. The van der Waals surface area contributed by atoms with Crippen LogP contribution in [0.15, 0.2) is 35.7 Å². The van der Waals surface area contributed by atoms with Gasteiger partial charge in [-0.2, -0.15) is 0 Å². The number of halogens is 1. The quantitative estimate of drug-likeness (QED) is 0.494. The van der Waals surface area contributed by atoms with Crippen molar-refractivity contribution in [2.75, 3.05) is 19.5 Å². The second kappa shape index (κ2) is 9.18. The molecule has 0 saturated heterocycles. The number of carbonyl (C=O) groups is 2. The van der Waals surface area contributed by atoms with Crippen molar-refractivity contribution in [1.82, 2.24) is 4.98 Å². The Morgan fingerprint density at radius 3 is 2.64 bits per heavy atom. The molecule has 0 spiro atoms. The summed E-state index contributed by atoms with van der Waals surface area (Å²) in [7, 11) is 3.17. The first-order valence-electron chi connectivity index (χ1n) is 8.26. The van der Waals surface area contributed by atoms with Crippen molar-refractivity contribution in [2.45, 2.75) is 12.8 Å². The van der Waals surface area contributed by atoms with Crippen LogP contribution < -0.4 is 14.8 Å². The Morgan fingerprint density at radius 2 is 1.96 bits per heavy atom. The number of hydrogen-bond donors (Lipinski definition) is 1. The maximum Gasteiger partial charge on any atom is 0.226 e. The van der Waals surface area contributed by atoms with Crippen LogP contribution >= 0.6 is 34.3 Å². The molecule has 6 nitrogen and oxygen atoms in total. The van der Waals surface area contributed by atoms with Gasteiger partial charge in [0, 0.05) is 23.8 Å². The molecule has 0 atom stereocenters. The summed E-state index contributed by atoms with van der Waals surface area (Å²) in [6.45, 7) is 0. The number of thiophene rings is 1. The lowest BCUT2D eigenvalue weighted by molar-refractivity contribution is -0.116. The molecule has 1 aromatic carbocycles. The third-order valence-corrected chi connectivity index (χ3v) is 5.89. The fraction of sp³-hybridized carbons (Fsp3) is 0.211. The number of Topliss-reactive ketones (excluding diaryl/α,β-unsaturated/α-hetero) is 1. The number of hydrogen-bond acceptors (Lipinski definition) is 7. The average molecular weight is 437 g/mol. The largest absolute Gasteiger partial charge is 0.497 e. The van der Waals surface area contributed by atoms with Crippen molar-refractivity contribution in [2.24, 2.45) is 0 Å². The Morgan fingerprint density at radius 1 is 1.14 bits per heavy atom. The van der Waals surface area contributed by atoms with E-state index in [1.165, 1.54) is 22.7 Å². The Kier molecular flexibility index (Phi) is 6.66. The molecule has 3 rings (SSSR count). The van der Waals surface area contributed by atoms with Gasteiger partial charge in [-0.25, -0.2) is 4.98 Å². The monoisotopic (exact) mass is 436 g/mol. The molecule has 28 heavy (non-hydrogen) atoms. The first-order valence-corrected chi connectivity index (χ1v) is 10.3. The Balaban J connectivity index is 1.63. The number of ether oxygens (including phenoxy) is 2. The van der Waals surface area contributed by atoms with Gasteiger partial charge >= 0.3 is 0 Å². The van der Waals surface area contributed by atoms with E-state index in [1.54, 1.807) is 38.5 Å². The molecular formula is C19H17ClN2O4S2. The molecule has 1 amide bonds. The van der Waals surface area contributed by atoms with Crippen LogP contribution in [0.1, 0.15) is 22.5 Å². The number of nitrogens with zero attached hydrogens (tertiary/aromatic N) is 1. The number of ketones is 1. The van der Waals surface area contributed by atoms with Gasteiger partial charge in [-0.1, -0.05) is 11.6 Å². The Bertz CT molecular complexity index is 999. The first kappa shape index (κ1) is 20.3. The van der Waals surface area contributed by atoms with Gasteiger partial charge in [-0.15, -0.1) is 22.7 Å². The lowest BCUT2D eigenvalue weighted by Crippen LogP contribution is -2.13. The van der Waals surface area contributed by atoms with Crippen molar-refractivity contribution in [1.29, 1.82) is 0 Å². The number of rotatable bonds is 8. The number of amides is 1. The fourth-order valence-electron chi connectivity index (χ4n) is 2.47. The summed E-state index contributed by atoms with van der Waals surface area (Å²) in [6.07, 6.45) is 0.191. The van der Waals surface area contributed by atoms with E-state index in [2.05, 4.69) is 10.3 Å². The van der Waals surface area contributed by atoms with Gasteiger partial charge in [0.05, 0.1) is 29.1 Å². The number of thiazole rings is 1. The van der Waals surface area contributed by atoms with E-state index < -0.39 is 0 Å². The predicted molar refractivity (Wildman–Crippen MR) is 112 cm³/mol. The van der Waals surface area contributed by atoms with Gasteiger partial charge in [-0.3, -0.25) is 9.59 Å². The van der Waals surface area contributed by atoms with E-state index in [4.69, 9.17) is 21.1 Å². The van der Waals surface area contributed by atoms with Crippen LogP contribution in [0.2, 0.25) is 4.34 Å². The molecule has 1 N–H and O–H groups in total. The molecule has 0 aliphatic rings. The van der Waals surface area contributed by atoms with Crippen LogP contribution in [0.3, 0.4) is 0 Å². The highest BCUT2D eigenvalue weighted by Gasteiger charge is 2.15. The molecule has 0 saturated carbocycles. The van der Waals surface area contributed by atoms with Crippen LogP contribution in [0, 0.1) is 0 Å². The van der Waals surface area contributed by atoms with Crippen molar-refractivity contribution >= 4 is 51.1 Å². The van der Waals surface area contributed by atoms with Gasteiger partial charge < -0.3 is 14.8 Å². The second-order valence-corrected chi connectivity index (χ2v) is 8.25. The molecule has 3 aromatic rings. The molecule has 2 aromatic heterocycles.